The molecular formula is C16H13NO3. The highest BCUT2D eigenvalue weighted by molar-refractivity contribution is 5.87. The Kier molecular flexibility index (Phi) is 4.02. The molecule has 0 bridgehead atoms. The lowest BCUT2D eigenvalue weighted by atomic mass is 10.1. The summed E-state index contributed by atoms with van der Waals surface area (Å²) < 4.78 is 5.59. The minimum Gasteiger partial charge on any atom is -0.489 e. The first kappa shape index (κ1) is 13.6. The first-order chi connectivity index (χ1) is 9.60. The summed E-state index contributed by atoms with van der Waals surface area (Å²) in [4.78, 5) is 10.9. The van der Waals surface area contributed by atoms with E-state index in [0.717, 1.165) is 11.1 Å². The topological polar surface area (TPSA) is 70.3 Å². The maximum atomic E-state index is 10.9. The van der Waals surface area contributed by atoms with Gasteiger partial charge in [-0.15, -0.1) is 0 Å². The molecule has 0 atom stereocenters. The lowest BCUT2D eigenvalue weighted by Crippen LogP contribution is -2.00. The average molecular weight is 267 g/mol. The predicted octanol–water partition coefficient (Wildman–Crippen LogP) is 3.14. The lowest BCUT2D eigenvalue weighted by Gasteiger charge is -2.09. The molecule has 20 heavy (non-hydrogen) atoms. The van der Waals surface area contributed by atoms with Gasteiger partial charge in [-0.25, -0.2) is 4.79 Å². The zero-order chi connectivity index (χ0) is 14.5. The minimum atomic E-state index is -0.981. The molecule has 2 aromatic carbocycles. The molecule has 0 heterocycles. The quantitative estimate of drug-likeness (QED) is 0.923. The highest BCUT2D eigenvalue weighted by Crippen LogP contribution is 2.17. The van der Waals surface area contributed by atoms with E-state index in [0.29, 0.717) is 17.9 Å². The van der Waals surface area contributed by atoms with Crippen LogP contribution in [0.1, 0.15) is 27.0 Å². The van der Waals surface area contributed by atoms with Crippen LogP contribution in [0.5, 0.6) is 5.75 Å². The van der Waals surface area contributed by atoms with Crippen molar-refractivity contribution < 1.29 is 14.6 Å². The largest absolute Gasteiger partial charge is 0.489 e. The first-order valence-corrected chi connectivity index (χ1v) is 6.06. The van der Waals surface area contributed by atoms with Crippen molar-refractivity contribution in [2.24, 2.45) is 0 Å². The summed E-state index contributed by atoms with van der Waals surface area (Å²) in [6.45, 7) is 2.24. The normalized spacial score (nSPS) is 9.80. The van der Waals surface area contributed by atoms with Gasteiger partial charge in [-0.2, -0.15) is 5.26 Å². The maximum Gasteiger partial charge on any atom is 0.335 e. The van der Waals surface area contributed by atoms with Crippen LogP contribution in [0.4, 0.5) is 0 Å². The second-order valence-corrected chi connectivity index (χ2v) is 4.37. The van der Waals surface area contributed by atoms with Crippen LogP contribution in [0.3, 0.4) is 0 Å². The van der Waals surface area contributed by atoms with Gasteiger partial charge in [-0.1, -0.05) is 12.1 Å². The molecule has 4 heteroatoms. The van der Waals surface area contributed by atoms with Crippen molar-refractivity contribution in [2.75, 3.05) is 0 Å². The van der Waals surface area contributed by atoms with E-state index < -0.39 is 5.97 Å². The summed E-state index contributed by atoms with van der Waals surface area (Å²) in [6, 6.07) is 13.8. The summed E-state index contributed by atoms with van der Waals surface area (Å²) in [5.74, 6) is -0.473. The minimum absolute atomic E-state index is 0.194. The van der Waals surface area contributed by atoms with Crippen molar-refractivity contribution >= 4 is 5.97 Å². The fraction of sp³-hybridized carbons (Fsp3) is 0.125. The van der Waals surface area contributed by atoms with Crippen LogP contribution < -0.4 is 4.74 Å². The van der Waals surface area contributed by atoms with Crippen molar-refractivity contribution in [3.63, 3.8) is 0 Å². The van der Waals surface area contributed by atoms with Gasteiger partial charge in [-0.05, 0) is 48.4 Å². The number of carbonyl (C=O) groups is 1. The third-order valence-electron chi connectivity index (χ3n) is 2.95. The molecule has 0 fully saturated rings. The van der Waals surface area contributed by atoms with E-state index in [9.17, 15) is 4.79 Å². The number of carboxylic acid groups (broad SMARTS) is 1. The van der Waals surface area contributed by atoms with Crippen molar-refractivity contribution in [1.82, 2.24) is 0 Å². The van der Waals surface area contributed by atoms with Gasteiger partial charge in [0.1, 0.15) is 12.4 Å². The third-order valence-corrected chi connectivity index (χ3v) is 2.95. The van der Waals surface area contributed by atoms with Gasteiger partial charge in [0.05, 0.1) is 17.2 Å². The van der Waals surface area contributed by atoms with E-state index in [-0.39, 0.29) is 5.56 Å². The number of rotatable bonds is 4. The highest BCUT2D eigenvalue weighted by Gasteiger charge is 2.05. The molecule has 2 rings (SSSR count). The summed E-state index contributed by atoms with van der Waals surface area (Å²) in [7, 11) is 0. The molecule has 0 spiro atoms. The Morgan fingerprint density at radius 2 is 2.10 bits per heavy atom. The van der Waals surface area contributed by atoms with Gasteiger partial charge in [0, 0.05) is 0 Å². The van der Waals surface area contributed by atoms with E-state index >= 15 is 0 Å². The SMILES string of the molecule is Cc1cc(C#N)ccc1COc1cccc(C(=O)O)c1. The van der Waals surface area contributed by atoms with E-state index in [1.807, 2.05) is 13.0 Å². The molecule has 0 unspecified atom stereocenters. The summed E-state index contributed by atoms with van der Waals surface area (Å²) in [5, 5.41) is 17.7. The number of nitriles is 1. The van der Waals surface area contributed by atoms with Crippen LogP contribution in [-0.4, -0.2) is 11.1 Å². The van der Waals surface area contributed by atoms with Gasteiger partial charge >= 0.3 is 5.97 Å². The molecule has 0 saturated carbocycles. The van der Waals surface area contributed by atoms with Crippen LogP contribution in [0, 0.1) is 18.3 Å². The zero-order valence-electron chi connectivity index (χ0n) is 11.0. The lowest BCUT2D eigenvalue weighted by molar-refractivity contribution is 0.0696. The van der Waals surface area contributed by atoms with Crippen LogP contribution in [0.25, 0.3) is 0 Å². The molecule has 0 aliphatic heterocycles. The van der Waals surface area contributed by atoms with Crippen molar-refractivity contribution in [2.45, 2.75) is 13.5 Å². The van der Waals surface area contributed by atoms with E-state index in [1.165, 1.54) is 12.1 Å². The van der Waals surface area contributed by atoms with Gasteiger partial charge in [-0.3, -0.25) is 0 Å². The van der Waals surface area contributed by atoms with E-state index in [2.05, 4.69) is 6.07 Å². The number of aryl methyl sites for hydroxylation is 1. The predicted molar refractivity (Wildman–Crippen MR) is 73.6 cm³/mol. The Morgan fingerprint density at radius 3 is 2.75 bits per heavy atom. The first-order valence-electron chi connectivity index (χ1n) is 6.06. The van der Waals surface area contributed by atoms with Crippen molar-refractivity contribution in [3.05, 3.63) is 64.7 Å². The molecule has 2 aromatic rings. The fourth-order valence-corrected chi connectivity index (χ4v) is 1.81. The van der Waals surface area contributed by atoms with E-state index in [4.69, 9.17) is 15.1 Å². The Balaban J connectivity index is 2.11. The van der Waals surface area contributed by atoms with Crippen LogP contribution >= 0.6 is 0 Å². The van der Waals surface area contributed by atoms with Crippen LogP contribution in [0.2, 0.25) is 0 Å². The molecule has 0 aliphatic carbocycles. The van der Waals surface area contributed by atoms with Gasteiger partial charge < -0.3 is 9.84 Å². The van der Waals surface area contributed by atoms with Crippen molar-refractivity contribution in [3.8, 4) is 11.8 Å². The zero-order valence-corrected chi connectivity index (χ0v) is 11.0. The van der Waals surface area contributed by atoms with Crippen LogP contribution in [0.15, 0.2) is 42.5 Å². The average Bonchev–Trinajstić information content (AvgIpc) is 2.46. The second kappa shape index (κ2) is 5.89. The molecule has 1 N–H and O–H groups in total. The summed E-state index contributed by atoms with van der Waals surface area (Å²) in [5.41, 5.74) is 2.74. The fourth-order valence-electron chi connectivity index (χ4n) is 1.81. The number of nitrogens with zero attached hydrogens (tertiary/aromatic N) is 1. The Morgan fingerprint density at radius 1 is 1.30 bits per heavy atom. The Labute approximate surface area is 116 Å². The van der Waals surface area contributed by atoms with Gasteiger partial charge in [0.15, 0.2) is 0 Å². The molecule has 100 valence electrons. The second-order valence-electron chi connectivity index (χ2n) is 4.37. The number of hydrogen-bond donors (Lipinski definition) is 1. The number of benzene rings is 2. The monoisotopic (exact) mass is 267 g/mol. The molecule has 0 radical (unpaired) electrons. The molecule has 0 saturated heterocycles. The maximum absolute atomic E-state index is 10.9. The standard InChI is InChI=1S/C16H13NO3/c1-11-7-12(9-17)5-6-14(11)10-20-15-4-2-3-13(8-15)16(18)19/h2-8H,10H2,1H3,(H,18,19). The number of aromatic carboxylic acids is 1. The van der Waals surface area contributed by atoms with Gasteiger partial charge in [0.2, 0.25) is 0 Å². The van der Waals surface area contributed by atoms with Crippen molar-refractivity contribution in [1.29, 1.82) is 5.26 Å². The molecule has 0 aliphatic rings. The number of ether oxygens (including phenoxy) is 1. The number of carboxylic acids is 1. The smallest absolute Gasteiger partial charge is 0.335 e. The molecular weight excluding hydrogens is 254 g/mol. The Bertz CT molecular complexity index is 686. The Hall–Kier alpha value is -2.80. The molecule has 0 aromatic heterocycles. The van der Waals surface area contributed by atoms with Crippen LogP contribution in [-0.2, 0) is 6.61 Å². The van der Waals surface area contributed by atoms with E-state index in [1.54, 1.807) is 24.3 Å². The molecule has 0 amide bonds. The highest BCUT2D eigenvalue weighted by atomic mass is 16.5. The number of hydrogen-bond acceptors (Lipinski definition) is 3. The van der Waals surface area contributed by atoms with Gasteiger partial charge in [0.25, 0.3) is 0 Å². The summed E-state index contributed by atoms with van der Waals surface area (Å²) in [6.07, 6.45) is 0. The molecule has 4 nitrogen and oxygen atoms in total. The third kappa shape index (κ3) is 3.15. The summed E-state index contributed by atoms with van der Waals surface area (Å²) >= 11 is 0.